The molecule has 2 amide bonds. The second-order valence-electron chi connectivity index (χ2n) is 8.73. The largest absolute Gasteiger partial charge is 0.490 e. The number of carboxylic acids is 1. The first-order valence-corrected chi connectivity index (χ1v) is 12.0. The van der Waals surface area contributed by atoms with Gasteiger partial charge in [0.05, 0.1) is 13.2 Å². The third kappa shape index (κ3) is 5.48. The molecule has 2 saturated heterocycles. The lowest BCUT2D eigenvalue weighted by Gasteiger charge is -2.42. The highest BCUT2D eigenvalue weighted by Crippen LogP contribution is 2.44. The molecule has 35 heavy (non-hydrogen) atoms. The van der Waals surface area contributed by atoms with Crippen molar-refractivity contribution in [2.45, 2.75) is 37.1 Å². The van der Waals surface area contributed by atoms with Crippen molar-refractivity contribution in [3.63, 3.8) is 0 Å². The van der Waals surface area contributed by atoms with Gasteiger partial charge in [0.25, 0.3) is 5.91 Å². The molecule has 1 N–H and O–H groups in total. The fourth-order valence-corrected chi connectivity index (χ4v) is 5.08. The summed E-state index contributed by atoms with van der Waals surface area (Å²) in [5, 5.41) is 11.2. The van der Waals surface area contributed by atoms with Crippen LogP contribution in [0.15, 0.2) is 41.4 Å². The van der Waals surface area contributed by atoms with Crippen LogP contribution in [-0.2, 0) is 25.7 Å². The standard InChI is InChI=1S/C21H23N3O3S.C2HF3O2/c25-19(16-3-4-16)24-12-18(17-2-1-6-22-10-17)21(14-24)20(26)23(7-8-27-21)11-15-5-9-28-13-15;3-2(4,5)1(6)7/h1-2,5-6,9-10,13,16,18H,3-4,7-8,11-12,14H2;(H,6,7). The minimum atomic E-state index is -5.08. The van der Waals surface area contributed by atoms with Gasteiger partial charge in [-0.1, -0.05) is 6.07 Å². The van der Waals surface area contributed by atoms with Gasteiger partial charge in [-0.15, -0.1) is 0 Å². The molecule has 3 fully saturated rings. The number of aliphatic carboxylic acids is 1. The number of hydrogen-bond donors (Lipinski definition) is 1. The van der Waals surface area contributed by atoms with Gasteiger partial charge >= 0.3 is 12.1 Å². The SMILES string of the molecule is O=C(C1CC1)N1CC(c2cccnc2)C2(C1)OCCN(Cc1ccsc1)C2=O.O=C(O)C(F)(F)F. The molecule has 2 unspecified atom stereocenters. The van der Waals surface area contributed by atoms with Crippen LogP contribution in [0.3, 0.4) is 0 Å². The summed E-state index contributed by atoms with van der Waals surface area (Å²) in [7, 11) is 0. The van der Waals surface area contributed by atoms with Gasteiger partial charge in [0.2, 0.25) is 5.91 Å². The van der Waals surface area contributed by atoms with Crippen LogP contribution in [0.1, 0.15) is 29.9 Å². The number of ether oxygens (including phenoxy) is 1. The van der Waals surface area contributed by atoms with Crippen molar-refractivity contribution in [2.75, 3.05) is 26.2 Å². The Hall–Kier alpha value is -2.99. The molecule has 2 aromatic rings. The molecule has 2 atom stereocenters. The third-order valence-corrected chi connectivity index (χ3v) is 7.01. The fraction of sp³-hybridized carbons (Fsp3) is 0.478. The first-order chi connectivity index (χ1) is 16.6. The van der Waals surface area contributed by atoms with Crippen LogP contribution in [-0.4, -0.2) is 75.7 Å². The molecule has 4 heterocycles. The van der Waals surface area contributed by atoms with Crippen LogP contribution in [0.4, 0.5) is 13.2 Å². The van der Waals surface area contributed by atoms with Crippen molar-refractivity contribution in [3.8, 4) is 0 Å². The summed E-state index contributed by atoms with van der Waals surface area (Å²) in [6.45, 7) is 2.49. The lowest BCUT2D eigenvalue weighted by molar-refractivity contribution is -0.192. The normalized spacial score (nSPS) is 24.3. The summed E-state index contributed by atoms with van der Waals surface area (Å²) in [5.74, 6) is -2.67. The van der Waals surface area contributed by atoms with E-state index in [0.29, 0.717) is 32.8 Å². The number of thiophene rings is 1. The number of alkyl halides is 3. The third-order valence-electron chi connectivity index (χ3n) is 6.28. The number of rotatable bonds is 4. The zero-order valence-corrected chi connectivity index (χ0v) is 19.4. The number of pyridine rings is 1. The average molecular weight is 512 g/mol. The minimum absolute atomic E-state index is 0.00935. The summed E-state index contributed by atoms with van der Waals surface area (Å²) >= 11 is 1.63. The Morgan fingerprint density at radius 1 is 1.29 bits per heavy atom. The molecule has 2 aromatic heterocycles. The van der Waals surface area contributed by atoms with Crippen LogP contribution in [0.25, 0.3) is 0 Å². The van der Waals surface area contributed by atoms with Crippen molar-refractivity contribution in [1.29, 1.82) is 0 Å². The lowest BCUT2D eigenvalue weighted by atomic mass is 9.83. The molecule has 8 nitrogen and oxygen atoms in total. The van der Waals surface area contributed by atoms with E-state index in [9.17, 15) is 22.8 Å². The summed E-state index contributed by atoms with van der Waals surface area (Å²) in [5.41, 5.74) is 1.08. The Morgan fingerprint density at radius 3 is 2.60 bits per heavy atom. The molecular formula is C23H24F3N3O5S. The van der Waals surface area contributed by atoms with Crippen molar-refractivity contribution in [3.05, 3.63) is 52.5 Å². The molecule has 0 bridgehead atoms. The van der Waals surface area contributed by atoms with E-state index in [1.807, 2.05) is 27.3 Å². The number of amides is 2. The van der Waals surface area contributed by atoms with Crippen LogP contribution in [0.5, 0.6) is 0 Å². The molecule has 2 aliphatic heterocycles. The first-order valence-electron chi connectivity index (χ1n) is 11.0. The Morgan fingerprint density at radius 2 is 2.03 bits per heavy atom. The van der Waals surface area contributed by atoms with E-state index in [4.69, 9.17) is 14.6 Å². The Balaban J connectivity index is 0.000000364. The fourth-order valence-electron chi connectivity index (χ4n) is 4.42. The van der Waals surface area contributed by atoms with E-state index in [1.54, 1.807) is 23.7 Å². The summed E-state index contributed by atoms with van der Waals surface area (Å²) in [4.78, 5) is 43.3. The van der Waals surface area contributed by atoms with Gasteiger partial charge in [0.15, 0.2) is 5.60 Å². The predicted octanol–water partition coefficient (Wildman–Crippen LogP) is 2.91. The highest BCUT2D eigenvalue weighted by Gasteiger charge is 2.58. The second kappa shape index (κ2) is 9.94. The molecule has 1 aliphatic carbocycles. The summed E-state index contributed by atoms with van der Waals surface area (Å²) < 4.78 is 38.0. The molecule has 188 valence electrons. The van der Waals surface area contributed by atoms with Crippen LogP contribution < -0.4 is 0 Å². The van der Waals surface area contributed by atoms with Gasteiger partial charge in [0.1, 0.15) is 0 Å². The topological polar surface area (TPSA) is 100 Å². The number of hydrogen-bond acceptors (Lipinski definition) is 6. The smallest absolute Gasteiger partial charge is 0.475 e. The van der Waals surface area contributed by atoms with Gasteiger partial charge < -0.3 is 19.6 Å². The van der Waals surface area contributed by atoms with Crippen LogP contribution in [0, 0.1) is 5.92 Å². The number of morpholine rings is 1. The first kappa shape index (κ1) is 25.1. The van der Waals surface area contributed by atoms with E-state index in [0.717, 1.165) is 24.0 Å². The Kier molecular flexibility index (Phi) is 7.13. The van der Waals surface area contributed by atoms with E-state index in [-0.39, 0.29) is 23.7 Å². The van der Waals surface area contributed by atoms with Crippen molar-refractivity contribution >= 4 is 29.1 Å². The molecule has 0 radical (unpaired) electrons. The van der Waals surface area contributed by atoms with Gasteiger partial charge in [-0.05, 0) is 46.9 Å². The predicted molar refractivity (Wildman–Crippen MR) is 118 cm³/mol. The minimum Gasteiger partial charge on any atom is -0.475 e. The molecule has 5 rings (SSSR count). The summed E-state index contributed by atoms with van der Waals surface area (Å²) in [6, 6.07) is 5.92. The van der Waals surface area contributed by atoms with Crippen molar-refractivity contribution < 1.29 is 37.4 Å². The number of carbonyl (C=O) groups excluding carboxylic acids is 2. The van der Waals surface area contributed by atoms with Crippen LogP contribution in [0.2, 0.25) is 0 Å². The van der Waals surface area contributed by atoms with Crippen molar-refractivity contribution in [1.82, 2.24) is 14.8 Å². The zero-order valence-electron chi connectivity index (χ0n) is 18.6. The maximum absolute atomic E-state index is 13.7. The van der Waals surface area contributed by atoms with Gasteiger partial charge in [0, 0.05) is 43.9 Å². The van der Waals surface area contributed by atoms with Gasteiger partial charge in [-0.25, -0.2) is 4.79 Å². The van der Waals surface area contributed by atoms with E-state index >= 15 is 0 Å². The lowest BCUT2D eigenvalue weighted by Crippen LogP contribution is -2.60. The zero-order chi connectivity index (χ0) is 25.2. The van der Waals surface area contributed by atoms with E-state index < -0.39 is 17.7 Å². The number of carboxylic acid groups (broad SMARTS) is 1. The molecule has 12 heteroatoms. The maximum atomic E-state index is 13.7. The number of carbonyl (C=O) groups is 3. The molecule has 1 spiro atoms. The average Bonchev–Trinajstić information content (AvgIpc) is 3.42. The maximum Gasteiger partial charge on any atom is 0.490 e. The molecular weight excluding hydrogens is 487 g/mol. The van der Waals surface area contributed by atoms with Crippen LogP contribution >= 0.6 is 11.3 Å². The second-order valence-corrected chi connectivity index (χ2v) is 9.51. The molecule has 0 aromatic carbocycles. The summed E-state index contributed by atoms with van der Waals surface area (Å²) in [6.07, 6.45) is 0.356. The highest BCUT2D eigenvalue weighted by atomic mass is 32.1. The number of likely N-dealkylation sites (tertiary alicyclic amines) is 1. The Bertz CT molecular complexity index is 1060. The molecule has 3 aliphatic rings. The van der Waals surface area contributed by atoms with E-state index in [2.05, 4.69) is 16.4 Å². The molecule has 1 saturated carbocycles. The van der Waals surface area contributed by atoms with Gasteiger partial charge in [-0.2, -0.15) is 24.5 Å². The Labute approximate surface area is 203 Å². The number of nitrogens with zero attached hydrogens (tertiary/aromatic N) is 3. The quantitative estimate of drug-likeness (QED) is 0.678. The number of halogens is 3. The monoisotopic (exact) mass is 511 g/mol. The number of aromatic nitrogens is 1. The van der Waals surface area contributed by atoms with Crippen molar-refractivity contribution in [2.24, 2.45) is 5.92 Å². The van der Waals surface area contributed by atoms with Gasteiger partial charge in [-0.3, -0.25) is 14.6 Å². The highest BCUT2D eigenvalue weighted by molar-refractivity contribution is 7.07. The van der Waals surface area contributed by atoms with E-state index in [1.165, 1.54) is 0 Å².